The summed E-state index contributed by atoms with van der Waals surface area (Å²) in [5.74, 6) is -0.299. The molecule has 0 radical (unpaired) electrons. The number of nitrogens with one attached hydrogen (secondary N) is 2. The second-order valence-corrected chi connectivity index (χ2v) is 8.10. The molecule has 3 amide bonds. The van der Waals surface area contributed by atoms with Gasteiger partial charge < -0.3 is 15.5 Å². The third kappa shape index (κ3) is 3.75. The average molecular weight is 425 g/mol. The maximum Gasteiger partial charge on any atom is 0.321 e. The van der Waals surface area contributed by atoms with Crippen molar-refractivity contribution in [3.05, 3.63) is 95.1 Å². The van der Waals surface area contributed by atoms with Crippen LogP contribution in [0.1, 0.15) is 28.7 Å². The fourth-order valence-corrected chi connectivity index (χ4v) is 4.38. The Kier molecular flexibility index (Phi) is 5.19. The number of anilines is 2. The van der Waals surface area contributed by atoms with Crippen LogP contribution in [0.5, 0.6) is 0 Å². The number of amides is 3. The lowest BCUT2D eigenvalue weighted by molar-refractivity contribution is -0.119. The molecule has 0 saturated heterocycles. The van der Waals surface area contributed by atoms with E-state index in [4.69, 9.17) is 4.99 Å². The van der Waals surface area contributed by atoms with Gasteiger partial charge in [0.1, 0.15) is 0 Å². The van der Waals surface area contributed by atoms with E-state index in [1.54, 1.807) is 11.9 Å². The zero-order chi connectivity index (χ0) is 22.1. The first kappa shape index (κ1) is 20.0. The Labute approximate surface area is 187 Å². The van der Waals surface area contributed by atoms with E-state index in [1.165, 1.54) is 11.1 Å². The van der Waals surface area contributed by atoms with E-state index in [1.807, 2.05) is 66.7 Å². The number of rotatable bonds is 3. The summed E-state index contributed by atoms with van der Waals surface area (Å²) in [6.45, 7) is 0. The van der Waals surface area contributed by atoms with Crippen molar-refractivity contribution in [3.63, 3.8) is 0 Å². The number of nitrogens with zero attached hydrogens (tertiary/aromatic N) is 2. The van der Waals surface area contributed by atoms with Crippen molar-refractivity contribution in [2.75, 3.05) is 17.3 Å². The molecule has 0 bridgehead atoms. The fraction of sp³-hybridized carbons (Fsp3) is 0.192. The first-order valence-corrected chi connectivity index (χ1v) is 10.8. The molecule has 0 spiro atoms. The van der Waals surface area contributed by atoms with E-state index in [0.717, 1.165) is 36.1 Å². The second-order valence-electron chi connectivity index (χ2n) is 8.10. The predicted octanol–water partition coefficient (Wildman–Crippen LogP) is 4.14. The van der Waals surface area contributed by atoms with Crippen molar-refractivity contribution in [1.29, 1.82) is 0 Å². The smallest absolute Gasteiger partial charge is 0.311 e. The zero-order valence-electron chi connectivity index (χ0n) is 17.8. The fourth-order valence-electron chi connectivity index (χ4n) is 4.38. The van der Waals surface area contributed by atoms with Crippen molar-refractivity contribution < 1.29 is 9.59 Å². The lowest BCUT2D eigenvalue weighted by Crippen LogP contribution is -2.47. The van der Waals surface area contributed by atoms with Crippen LogP contribution in [0.3, 0.4) is 0 Å². The molecule has 5 rings (SSSR count). The number of carbonyl (C=O) groups is 2. The molecular formula is C26H24N4O2. The lowest BCUT2D eigenvalue weighted by Gasteiger charge is -2.21. The summed E-state index contributed by atoms with van der Waals surface area (Å²) in [7, 11) is 1.71. The van der Waals surface area contributed by atoms with Crippen LogP contribution >= 0.6 is 0 Å². The van der Waals surface area contributed by atoms with Crippen LogP contribution in [-0.2, 0) is 17.6 Å². The summed E-state index contributed by atoms with van der Waals surface area (Å²) < 4.78 is 0. The van der Waals surface area contributed by atoms with Crippen molar-refractivity contribution in [2.24, 2.45) is 4.99 Å². The van der Waals surface area contributed by atoms with Gasteiger partial charge in [0.2, 0.25) is 6.17 Å². The van der Waals surface area contributed by atoms with E-state index >= 15 is 0 Å². The van der Waals surface area contributed by atoms with Gasteiger partial charge in [0.25, 0.3) is 5.91 Å². The van der Waals surface area contributed by atoms with Gasteiger partial charge >= 0.3 is 6.03 Å². The van der Waals surface area contributed by atoms with Crippen LogP contribution in [-0.4, -0.2) is 30.9 Å². The molecular weight excluding hydrogens is 400 g/mol. The molecule has 0 saturated carbocycles. The highest BCUT2D eigenvalue weighted by Crippen LogP contribution is 2.27. The molecule has 3 aromatic rings. The second kappa shape index (κ2) is 8.30. The third-order valence-corrected chi connectivity index (χ3v) is 6.01. The number of para-hydroxylation sites is 1. The largest absolute Gasteiger partial charge is 0.321 e. The number of fused-ring (bicyclic) bond motifs is 2. The first-order chi connectivity index (χ1) is 15.6. The molecule has 1 atom stereocenters. The summed E-state index contributed by atoms with van der Waals surface area (Å²) in [5, 5.41) is 5.62. The number of carbonyl (C=O) groups excluding carboxylic acids is 2. The number of hydrogen-bond acceptors (Lipinski definition) is 3. The van der Waals surface area contributed by atoms with Crippen LogP contribution in [0.15, 0.2) is 77.8 Å². The maximum atomic E-state index is 13.2. The Balaban J connectivity index is 1.45. The molecule has 0 fully saturated rings. The van der Waals surface area contributed by atoms with Gasteiger partial charge in [0.05, 0.1) is 11.4 Å². The van der Waals surface area contributed by atoms with Gasteiger partial charge in [-0.25, -0.2) is 9.79 Å². The lowest BCUT2D eigenvalue weighted by atomic mass is 10.0. The van der Waals surface area contributed by atoms with Crippen LogP contribution in [0.2, 0.25) is 0 Å². The average Bonchev–Trinajstić information content (AvgIpc) is 3.26. The molecule has 32 heavy (non-hydrogen) atoms. The van der Waals surface area contributed by atoms with Crippen LogP contribution < -0.4 is 15.5 Å². The van der Waals surface area contributed by atoms with Crippen LogP contribution in [0.25, 0.3) is 0 Å². The van der Waals surface area contributed by atoms with E-state index in [0.29, 0.717) is 11.4 Å². The highest BCUT2D eigenvalue weighted by molar-refractivity contribution is 6.20. The van der Waals surface area contributed by atoms with E-state index in [2.05, 4.69) is 16.7 Å². The number of hydrogen-bond donors (Lipinski definition) is 2. The molecule has 160 valence electrons. The Morgan fingerprint density at radius 1 is 0.969 bits per heavy atom. The molecule has 3 aromatic carbocycles. The number of likely N-dealkylation sites (N-methyl/N-ethyl adjacent to an activating group) is 1. The number of urea groups is 1. The van der Waals surface area contributed by atoms with Gasteiger partial charge in [0, 0.05) is 23.9 Å². The molecule has 1 heterocycles. The maximum absolute atomic E-state index is 13.2. The quantitative estimate of drug-likeness (QED) is 0.663. The van der Waals surface area contributed by atoms with Gasteiger partial charge in [0.15, 0.2) is 0 Å². The number of benzene rings is 3. The Morgan fingerprint density at radius 3 is 2.56 bits per heavy atom. The molecule has 1 aliphatic carbocycles. The highest BCUT2D eigenvalue weighted by atomic mass is 16.2. The molecule has 1 aliphatic heterocycles. The summed E-state index contributed by atoms with van der Waals surface area (Å²) in [6.07, 6.45) is 2.21. The summed E-state index contributed by atoms with van der Waals surface area (Å²) in [6, 6.07) is 22.8. The molecule has 0 aromatic heterocycles. The van der Waals surface area contributed by atoms with E-state index < -0.39 is 12.2 Å². The molecule has 2 aliphatic rings. The molecule has 6 heteroatoms. The van der Waals surface area contributed by atoms with Crippen LogP contribution in [0, 0.1) is 0 Å². The minimum absolute atomic E-state index is 0.299. The van der Waals surface area contributed by atoms with Gasteiger partial charge in [-0.15, -0.1) is 0 Å². The standard InChI is InChI=1S/C26H24N4O2/c1-30-22-13-6-5-12-21(22)23(18-8-3-2-4-9-18)28-24(25(30)31)29-26(32)27-20-15-14-17-10-7-11-19(17)16-20/h2-6,8-9,12-16,24H,7,10-11H2,1H3,(H2,27,29,32)/t24-/m1/s1. The zero-order valence-corrected chi connectivity index (χ0v) is 17.8. The third-order valence-electron chi connectivity index (χ3n) is 6.01. The summed E-state index contributed by atoms with van der Waals surface area (Å²) >= 11 is 0. The SMILES string of the molecule is CN1C(=O)[C@@H](NC(=O)Nc2ccc3c(c2)CCC3)N=C(c2ccccc2)c2ccccc21. The van der Waals surface area contributed by atoms with E-state index in [9.17, 15) is 9.59 Å². The number of benzodiazepines with no additional fused rings is 1. The van der Waals surface area contributed by atoms with E-state index in [-0.39, 0.29) is 5.91 Å². The van der Waals surface area contributed by atoms with Gasteiger partial charge in [-0.05, 0) is 48.6 Å². The summed E-state index contributed by atoms with van der Waals surface area (Å²) in [4.78, 5) is 32.3. The van der Waals surface area contributed by atoms with Gasteiger partial charge in [-0.3, -0.25) is 4.79 Å². The Bertz CT molecular complexity index is 1220. The van der Waals surface area contributed by atoms with Crippen molar-refractivity contribution in [3.8, 4) is 0 Å². The Morgan fingerprint density at radius 2 is 1.72 bits per heavy atom. The minimum Gasteiger partial charge on any atom is -0.311 e. The van der Waals surface area contributed by atoms with Crippen LogP contribution in [0.4, 0.5) is 16.2 Å². The van der Waals surface area contributed by atoms with Gasteiger partial charge in [-0.2, -0.15) is 0 Å². The number of aryl methyl sites for hydroxylation is 2. The molecule has 2 N–H and O–H groups in total. The van der Waals surface area contributed by atoms with Crippen molar-refractivity contribution in [1.82, 2.24) is 5.32 Å². The molecule has 6 nitrogen and oxygen atoms in total. The minimum atomic E-state index is -1.04. The topological polar surface area (TPSA) is 73.8 Å². The normalized spacial score (nSPS) is 17.2. The van der Waals surface area contributed by atoms with Crippen molar-refractivity contribution >= 4 is 29.0 Å². The van der Waals surface area contributed by atoms with Gasteiger partial charge in [-0.1, -0.05) is 54.6 Å². The Hall–Kier alpha value is -3.93. The highest BCUT2D eigenvalue weighted by Gasteiger charge is 2.31. The first-order valence-electron chi connectivity index (χ1n) is 10.8. The predicted molar refractivity (Wildman–Crippen MR) is 126 cm³/mol. The monoisotopic (exact) mass is 424 g/mol. The number of aliphatic imine (C=N–C) groups is 1. The summed E-state index contributed by atoms with van der Waals surface area (Å²) in [5.41, 5.74) is 6.48. The van der Waals surface area contributed by atoms with Crippen molar-refractivity contribution in [2.45, 2.75) is 25.4 Å². The molecule has 0 unspecified atom stereocenters.